The Morgan fingerprint density at radius 3 is 2.70 bits per heavy atom. The van der Waals surface area contributed by atoms with E-state index in [0.29, 0.717) is 6.54 Å². The molecule has 110 valence electrons. The average Bonchev–Trinajstić information content (AvgIpc) is 2.40. The maximum absolute atomic E-state index is 12.2. The van der Waals surface area contributed by atoms with Gasteiger partial charge >= 0.3 is 0 Å². The summed E-state index contributed by atoms with van der Waals surface area (Å²) in [6, 6.07) is 7.71. The Kier molecular flexibility index (Phi) is 7.24. The van der Waals surface area contributed by atoms with Gasteiger partial charge in [-0.15, -0.1) is 18.3 Å². The van der Waals surface area contributed by atoms with Crippen LogP contribution in [0.25, 0.3) is 0 Å². The molecule has 0 saturated heterocycles. The van der Waals surface area contributed by atoms with E-state index in [4.69, 9.17) is 0 Å². The van der Waals surface area contributed by atoms with E-state index in [9.17, 15) is 4.79 Å². The van der Waals surface area contributed by atoms with Gasteiger partial charge in [-0.2, -0.15) is 11.8 Å². The van der Waals surface area contributed by atoms with Gasteiger partial charge in [-0.05, 0) is 12.1 Å². The third kappa shape index (κ3) is 6.53. The molecule has 0 atom stereocenters. The van der Waals surface area contributed by atoms with E-state index in [0.717, 1.165) is 22.0 Å². The zero-order valence-corrected chi connectivity index (χ0v) is 14.1. The van der Waals surface area contributed by atoms with Gasteiger partial charge in [-0.3, -0.25) is 4.79 Å². The van der Waals surface area contributed by atoms with Crippen molar-refractivity contribution in [2.45, 2.75) is 30.4 Å². The summed E-state index contributed by atoms with van der Waals surface area (Å²) in [6.45, 7) is 10.9. The molecule has 20 heavy (non-hydrogen) atoms. The topological polar surface area (TPSA) is 29.1 Å². The van der Waals surface area contributed by atoms with Gasteiger partial charge < -0.3 is 5.32 Å². The molecule has 0 bridgehead atoms. The quantitative estimate of drug-likeness (QED) is 0.464. The number of carbonyl (C=O) groups excluding carboxylic acids is 1. The van der Waals surface area contributed by atoms with Crippen molar-refractivity contribution in [2.24, 2.45) is 0 Å². The first-order valence-corrected chi connectivity index (χ1v) is 8.66. The highest BCUT2D eigenvalue weighted by Gasteiger charge is 2.12. The molecule has 0 radical (unpaired) electrons. The van der Waals surface area contributed by atoms with Crippen molar-refractivity contribution < 1.29 is 4.79 Å². The lowest BCUT2D eigenvalue weighted by molar-refractivity contribution is 0.0953. The Morgan fingerprint density at radius 2 is 2.05 bits per heavy atom. The molecule has 2 nitrogen and oxygen atoms in total. The molecule has 0 heterocycles. The van der Waals surface area contributed by atoms with E-state index < -0.39 is 0 Å². The number of hydrogen-bond acceptors (Lipinski definition) is 3. The Balaban J connectivity index is 2.52. The second-order valence-electron chi connectivity index (χ2n) is 5.31. The van der Waals surface area contributed by atoms with Crippen molar-refractivity contribution in [1.29, 1.82) is 0 Å². The lowest BCUT2D eigenvalue weighted by Gasteiger charge is -2.17. The van der Waals surface area contributed by atoms with Crippen LogP contribution in [0, 0.1) is 0 Å². The minimum Gasteiger partial charge on any atom is -0.351 e. The third-order valence-corrected chi connectivity index (χ3v) is 4.75. The highest BCUT2D eigenvalue weighted by Crippen LogP contribution is 2.23. The molecule has 0 spiro atoms. The van der Waals surface area contributed by atoms with Crippen LogP contribution in [0.1, 0.15) is 31.1 Å². The summed E-state index contributed by atoms with van der Waals surface area (Å²) in [5.74, 6) is 1.74. The summed E-state index contributed by atoms with van der Waals surface area (Å²) in [6.07, 6.45) is 1.85. The molecule has 0 aromatic heterocycles. The fourth-order valence-electron chi connectivity index (χ4n) is 1.55. The van der Waals surface area contributed by atoms with Crippen LogP contribution >= 0.6 is 23.5 Å². The number of benzene rings is 1. The lowest BCUT2D eigenvalue weighted by Crippen LogP contribution is -2.27. The number of carbonyl (C=O) groups is 1. The summed E-state index contributed by atoms with van der Waals surface area (Å²) in [4.78, 5) is 13.2. The van der Waals surface area contributed by atoms with Crippen molar-refractivity contribution >= 4 is 29.4 Å². The van der Waals surface area contributed by atoms with E-state index >= 15 is 0 Å². The molecule has 0 fully saturated rings. The fourth-order valence-corrected chi connectivity index (χ4v) is 3.15. The van der Waals surface area contributed by atoms with Crippen LogP contribution in [0.5, 0.6) is 0 Å². The van der Waals surface area contributed by atoms with E-state index in [1.54, 1.807) is 11.8 Å². The molecule has 1 N–H and O–H groups in total. The summed E-state index contributed by atoms with van der Waals surface area (Å²) >= 11 is 3.49. The van der Waals surface area contributed by atoms with Gasteiger partial charge in [0.15, 0.2) is 0 Å². The summed E-state index contributed by atoms with van der Waals surface area (Å²) in [5, 5.41) is 2.99. The van der Waals surface area contributed by atoms with Crippen LogP contribution in [0.2, 0.25) is 0 Å². The maximum atomic E-state index is 12.2. The highest BCUT2D eigenvalue weighted by molar-refractivity contribution is 8.00. The molecule has 0 saturated carbocycles. The SMILES string of the molecule is C=CCSc1ccccc1C(=O)NCCSC(C)(C)C. The summed E-state index contributed by atoms with van der Waals surface area (Å²) in [5.41, 5.74) is 0.750. The second-order valence-corrected chi connectivity index (χ2v) is 8.30. The molecule has 1 rings (SSSR count). The first-order chi connectivity index (χ1) is 9.44. The van der Waals surface area contributed by atoms with Gasteiger partial charge in [0.25, 0.3) is 5.91 Å². The largest absolute Gasteiger partial charge is 0.351 e. The predicted octanol–water partition coefficient (Wildman–Crippen LogP) is 4.23. The lowest BCUT2D eigenvalue weighted by atomic mass is 10.2. The average molecular weight is 310 g/mol. The van der Waals surface area contributed by atoms with Crippen LogP contribution in [-0.4, -0.2) is 28.7 Å². The van der Waals surface area contributed by atoms with Crippen LogP contribution in [0.3, 0.4) is 0 Å². The van der Waals surface area contributed by atoms with Crippen LogP contribution in [0.15, 0.2) is 41.8 Å². The summed E-state index contributed by atoms with van der Waals surface area (Å²) < 4.78 is 0.239. The Labute approximate surface area is 130 Å². The monoisotopic (exact) mass is 309 g/mol. The first kappa shape index (κ1) is 17.2. The van der Waals surface area contributed by atoms with E-state index in [1.165, 1.54) is 0 Å². The van der Waals surface area contributed by atoms with Crippen LogP contribution in [0.4, 0.5) is 0 Å². The predicted molar refractivity (Wildman–Crippen MR) is 91.9 cm³/mol. The molecule has 4 heteroatoms. The number of nitrogens with one attached hydrogen (secondary N) is 1. The Hall–Kier alpha value is -0.870. The molecular formula is C16H23NOS2. The van der Waals surface area contributed by atoms with Gasteiger partial charge in [0.05, 0.1) is 5.56 Å². The van der Waals surface area contributed by atoms with Crippen molar-refractivity contribution in [3.8, 4) is 0 Å². The molecule has 0 aliphatic carbocycles. The molecule has 1 aromatic carbocycles. The Morgan fingerprint density at radius 1 is 1.35 bits per heavy atom. The molecule has 0 aliphatic rings. The standard InChI is InChI=1S/C16H23NOS2/c1-5-11-19-14-9-7-6-8-13(14)15(18)17-10-12-20-16(2,3)4/h5-9H,1,10-12H2,2-4H3,(H,17,18). The number of rotatable bonds is 7. The zero-order valence-electron chi connectivity index (χ0n) is 12.4. The fraction of sp³-hybridized carbons (Fsp3) is 0.438. The summed E-state index contributed by atoms with van der Waals surface area (Å²) in [7, 11) is 0. The normalized spacial score (nSPS) is 11.2. The van der Waals surface area contributed by atoms with Crippen molar-refractivity contribution in [2.75, 3.05) is 18.1 Å². The molecule has 0 unspecified atom stereocenters. The van der Waals surface area contributed by atoms with Gasteiger partial charge in [-0.25, -0.2) is 0 Å². The number of thioether (sulfide) groups is 2. The van der Waals surface area contributed by atoms with Crippen LogP contribution in [-0.2, 0) is 0 Å². The van der Waals surface area contributed by atoms with E-state index in [1.807, 2.05) is 42.1 Å². The van der Waals surface area contributed by atoms with Crippen molar-refractivity contribution in [1.82, 2.24) is 5.32 Å². The third-order valence-electron chi connectivity index (χ3n) is 2.41. The second kappa shape index (κ2) is 8.42. The maximum Gasteiger partial charge on any atom is 0.252 e. The van der Waals surface area contributed by atoms with Crippen molar-refractivity contribution in [3.05, 3.63) is 42.5 Å². The van der Waals surface area contributed by atoms with Crippen LogP contribution < -0.4 is 5.32 Å². The molecule has 0 aliphatic heterocycles. The first-order valence-electron chi connectivity index (χ1n) is 6.69. The van der Waals surface area contributed by atoms with Crippen molar-refractivity contribution in [3.63, 3.8) is 0 Å². The van der Waals surface area contributed by atoms with Gasteiger partial charge in [0.1, 0.15) is 0 Å². The van der Waals surface area contributed by atoms with Gasteiger partial charge in [0, 0.05) is 27.7 Å². The number of amides is 1. The molecule has 1 aromatic rings. The van der Waals surface area contributed by atoms with E-state index in [2.05, 4.69) is 32.7 Å². The Bertz CT molecular complexity index is 452. The minimum atomic E-state index is 0.00618. The van der Waals surface area contributed by atoms with Gasteiger partial charge in [-0.1, -0.05) is 39.0 Å². The zero-order chi connectivity index (χ0) is 15.0. The van der Waals surface area contributed by atoms with E-state index in [-0.39, 0.29) is 10.7 Å². The van der Waals surface area contributed by atoms with Gasteiger partial charge in [0.2, 0.25) is 0 Å². The highest BCUT2D eigenvalue weighted by atomic mass is 32.2. The molecular weight excluding hydrogens is 286 g/mol. The molecule has 1 amide bonds. The minimum absolute atomic E-state index is 0.00618. The smallest absolute Gasteiger partial charge is 0.252 e. The number of hydrogen-bond donors (Lipinski definition) is 1.